The Morgan fingerprint density at radius 1 is 1.03 bits per heavy atom. The molecule has 0 amide bonds. The van der Waals surface area contributed by atoms with Crippen LogP contribution < -0.4 is 15.4 Å². The molecule has 1 aliphatic rings. The molecule has 0 atom stereocenters. The van der Waals surface area contributed by atoms with Gasteiger partial charge in [0, 0.05) is 29.1 Å². The van der Waals surface area contributed by atoms with Crippen LogP contribution >= 0.6 is 0 Å². The molecule has 1 aliphatic heterocycles. The van der Waals surface area contributed by atoms with E-state index in [1.165, 1.54) is 12.1 Å². The molecule has 0 fully saturated rings. The number of rotatable bonds is 4. The van der Waals surface area contributed by atoms with Crippen LogP contribution in [0.25, 0.3) is 6.08 Å². The summed E-state index contributed by atoms with van der Waals surface area (Å²) in [6, 6.07) is 19.7. The van der Waals surface area contributed by atoms with Crippen molar-refractivity contribution in [2.45, 2.75) is 26.4 Å². The monoisotopic (exact) mass is 428 g/mol. The summed E-state index contributed by atoms with van der Waals surface area (Å²) in [6.45, 7) is 6.00. The number of nitro groups is 1. The molecule has 0 spiro atoms. The summed E-state index contributed by atoms with van der Waals surface area (Å²) >= 11 is 0. The van der Waals surface area contributed by atoms with Crippen molar-refractivity contribution in [3.63, 3.8) is 0 Å². The van der Waals surface area contributed by atoms with Crippen molar-refractivity contribution >= 4 is 34.8 Å². The first-order valence-electron chi connectivity index (χ1n) is 10.2. The quantitative estimate of drug-likeness (QED) is 0.243. The molecule has 7 nitrogen and oxygen atoms in total. The number of non-ortho nitro benzene ring substituents is 1. The van der Waals surface area contributed by atoms with E-state index in [4.69, 9.17) is 10.5 Å². The van der Waals surface area contributed by atoms with Gasteiger partial charge in [0.15, 0.2) is 0 Å². The molecule has 0 radical (unpaired) electrons. The largest absolute Gasteiger partial charge is 0.483 e. The molecule has 0 saturated carbocycles. The van der Waals surface area contributed by atoms with Gasteiger partial charge in [-0.1, -0.05) is 23.8 Å². The third-order valence-electron chi connectivity index (χ3n) is 5.11. The molecule has 0 bridgehead atoms. The van der Waals surface area contributed by atoms with Crippen molar-refractivity contribution in [2.75, 3.05) is 4.90 Å². The van der Waals surface area contributed by atoms with Crippen molar-refractivity contribution in [3.8, 4) is 5.75 Å². The number of nitrogens with two attached hydrogens (primary N) is 1. The summed E-state index contributed by atoms with van der Waals surface area (Å²) in [5, 5.41) is 11.0. The zero-order valence-corrected chi connectivity index (χ0v) is 18.1. The van der Waals surface area contributed by atoms with Crippen LogP contribution in [0.1, 0.15) is 25.0 Å². The predicted octanol–water partition coefficient (Wildman–Crippen LogP) is 5.87. The van der Waals surface area contributed by atoms with E-state index >= 15 is 0 Å². The summed E-state index contributed by atoms with van der Waals surface area (Å²) in [6.07, 6.45) is 4.02. The summed E-state index contributed by atoms with van der Waals surface area (Å²) < 4.78 is 5.98. The molecular weight excluding hydrogens is 404 g/mol. The number of hydrogen-bond acceptors (Lipinski definition) is 4. The highest BCUT2D eigenvalue weighted by atomic mass is 16.6. The van der Waals surface area contributed by atoms with Gasteiger partial charge in [0.25, 0.3) is 5.69 Å². The number of aryl methyl sites for hydroxylation is 1. The van der Waals surface area contributed by atoms with E-state index in [9.17, 15) is 10.1 Å². The lowest BCUT2D eigenvalue weighted by molar-refractivity contribution is -0.384. The first-order chi connectivity index (χ1) is 15.2. The van der Waals surface area contributed by atoms with Crippen LogP contribution in [0.2, 0.25) is 0 Å². The first-order valence-corrected chi connectivity index (χ1v) is 10.2. The summed E-state index contributed by atoms with van der Waals surface area (Å²) in [5.74, 6) is 1.03. The minimum absolute atomic E-state index is 0.0116. The second-order valence-electron chi connectivity index (χ2n) is 8.18. The van der Waals surface area contributed by atoms with Crippen molar-refractivity contribution in [3.05, 3.63) is 94.0 Å². The molecule has 2 N–H and O–H groups in total. The maximum atomic E-state index is 11.0. The zero-order valence-electron chi connectivity index (χ0n) is 18.1. The fraction of sp³-hybridized carbons (Fsp3) is 0.160. The fourth-order valence-electron chi connectivity index (χ4n) is 3.45. The van der Waals surface area contributed by atoms with Gasteiger partial charge >= 0.3 is 0 Å². The van der Waals surface area contributed by atoms with Gasteiger partial charge in [0.2, 0.25) is 5.96 Å². The molecule has 0 aromatic heterocycles. The number of ether oxygens (including phenoxy) is 1. The Labute approximate surface area is 186 Å². The van der Waals surface area contributed by atoms with Gasteiger partial charge in [-0.2, -0.15) is 0 Å². The molecule has 162 valence electrons. The minimum Gasteiger partial charge on any atom is -0.483 e. The van der Waals surface area contributed by atoms with Crippen molar-refractivity contribution in [2.24, 2.45) is 10.7 Å². The molecule has 1 heterocycles. The van der Waals surface area contributed by atoms with Crippen molar-refractivity contribution in [1.29, 1.82) is 0 Å². The Bertz CT molecular complexity index is 1210. The van der Waals surface area contributed by atoms with Crippen LogP contribution in [0, 0.1) is 17.0 Å². The van der Waals surface area contributed by atoms with E-state index in [0.717, 1.165) is 22.6 Å². The molecule has 3 aromatic carbocycles. The SMILES string of the molecule is Cc1ccc(N(C(N)=Nc2ccc3c(c2)C=CC(C)(C)O3)c2ccc([N+](=O)[O-])cc2)cc1. The highest BCUT2D eigenvalue weighted by Crippen LogP contribution is 2.34. The highest BCUT2D eigenvalue weighted by Gasteiger charge is 2.22. The Kier molecular flexibility index (Phi) is 5.40. The van der Waals surface area contributed by atoms with Gasteiger partial charge in [-0.05, 0) is 69.3 Å². The van der Waals surface area contributed by atoms with Gasteiger partial charge in [-0.25, -0.2) is 4.99 Å². The van der Waals surface area contributed by atoms with Crippen LogP contribution in [0.3, 0.4) is 0 Å². The van der Waals surface area contributed by atoms with Gasteiger partial charge in [0.1, 0.15) is 11.4 Å². The maximum absolute atomic E-state index is 11.0. The average Bonchev–Trinajstić information content (AvgIpc) is 2.75. The van der Waals surface area contributed by atoms with E-state index < -0.39 is 4.92 Å². The van der Waals surface area contributed by atoms with Crippen LogP contribution in [-0.4, -0.2) is 16.5 Å². The van der Waals surface area contributed by atoms with Gasteiger partial charge in [0.05, 0.1) is 10.6 Å². The lowest BCUT2D eigenvalue weighted by Gasteiger charge is -2.28. The van der Waals surface area contributed by atoms with E-state index in [0.29, 0.717) is 11.4 Å². The summed E-state index contributed by atoms with van der Waals surface area (Å²) in [7, 11) is 0. The Morgan fingerprint density at radius 3 is 2.28 bits per heavy atom. The van der Waals surface area contributed by atoms with Crippen LogP contribution in [-0.2, 0) is 0 Å². The molecule has 0 saturated heterocycles. The Morgan fingerprint density at radius 2 is 1.66 bits per heavy atom. The van der Waals surface area contributed by atoms with Crippen molar-refractivity contribution in [1.82, 2.24) is 0 Å². The molecule has 7 heteroatoms. The van der Waals surface area contributed by atoms with Gasteiger partial charge in [-0.15, -0.1) is 0 Å². The number of nitro benzene ring substituents is 1. The number of aliphatic imine (C=N–C) groups is 1. The maximum Gasteiger partial charge on any atom is 0.269 e. The summed E-state index contributed by atoms with van der Waals surface area (Å²) in [4.78, 5) is 17.0. The molecule has 3 aromatic rings. The Hall–Kier alpha value is -4.13. The smallest absolute Gasteiger partial charge is 0.269 e. The van der Waals surface area contributed by atoms with Crippen LogP contribution in [0.15, 0.2) is 77.8 Å². The predicted molar refractivity (Wildman–Crippen MR) is 128 cm³/mol. The second kappa shape index (κ2) is 8.19. The standard InChI is InChI=1S/C25H24N4O3/c1-17-4-7-20(8-5-17)28(21-9-11-22(12-10-21)29(30)31)24(26)27-19-6-13-23-18(16-19)14-15-25(2,3)32-23/h4-16H,1-3H3,(H2,26,27). The number of hydrogen-bond donors (Lipinski definition) is 1. The normalized spacial score (nSPS) is 14.4. The topological polar surface area (TPSA) is 94.0 Å². The van der Waals surface area contributed by atoms with E-state index in [1.54, 1.807) is 17.0 Å². The second-order valence-corrected chi connectivity index (χ2v) is 8.18. The highest BCUT2D eigenvalue weighted by molar-refractivity contribution is 6.03. The average molecular weight is 428 g/mol. The minimum atomic E-state index is -0.429. The number of anilines is 2. The third kappa shape index (κ3) is 4.46. The molecule has 32 heavy (non-hydrogen) atoms. The lowest BCUT2D eigenvalue weighted by atomic mass is 10.0. The number of benzene rings is 3. The molecular formula is C25H24N4O3. The molecule has 4 rings (SSSR count). The molecule has 0 aliphatic carbocycles. The third-order valence-corrected chi connectivity index (χ3v) is 5.11. The van der Waals surface area contributed by atoms with Crippen LogP contribution in [0.5, 0.6) is 5.75 Å². The van der Waals surface area contributed by atoms with E-state index in [-0.39, 0.29) is 17.2 Å². The summed E-state index contributed by atoms with van der Waals surface area (Å²) in [5.41, 5.74) is 10.3. The number of guanidine groups is 1. The van der Waals surface area contributed by atoms with Gasteiger partial charge in [-0.3, -0.25) is 15.0 Å². The number of fused-ring (bicyclic) bond motifs is 1. The van der Waals surface area contributed by atoms with E-state index in [2.05, 4.69) is 4.99 Å². The Balaban J connectivity index is 1.73. The molecule has 0 unspecified atom stereocenters. The number of nitrogens with zero attached hydrogens (tertiary/aromatic N) is 3. The van der Waals surface area contributed by atoms with Crippen molar-refractivity contribution < 1.29 is 9.66 Å². The van der Waals surface area contributed by atoms with Gasteiger partial charge < -0.3 is 10.5 Å². The fourth-order valence-corrected chi connectivity index (χ4v) is 3.45. The zero-order chi connectivity index (χ0) is 22.9. The van der Waals surface area contributed by atoms with E-state index in [1.807, 2.05) is 75.4 Å². The lowest BCUT2D eigenvalue weighted by Crippen LogP contribution is -2.33. The van der Waals surface area contributed by atoms with Crippen LogP contribution in [0.4, 0.5) is 22.7 Å². The first kappa shape index (κ1) is 21.1.